The number of aryl methyl sites for hydroxylation is 4. The molecule has 6 aromatic rings. The van der Waals surface area contributed by atoms with Crippen LogP contribution in [0.1, 0.15) is 107 Å². The van der Waals surface area contributed by atoms with Crippen molar-refractivity contribution in [2.24, 2.45) is 0 Å². The van der Waals surface area contributed by atoms with Crippen molar-refractivity contribution >= 4 is 86.6 Å². The summed E-state index contributed by atoms with van der Waals surface area (Å²) in [5.41, 5.74) is 8.39. The van der Waals surface area contributed by atoms with Gasteiger partial charge in [0, 0.05) is 73.8 Å². The molecule has 0 saturated carbocycles. The van der Waals surface area contributed by atoms with Gasteiger partial charge in [-0.05, 0) is 119 Å². The van der Waals surface area contributed by atoms with Crippen molar-refractivity contribution in [1.82, 2.24) is 48.5 Å². The Balaban J connectivity index is 0.000000202. The zero-order chi connectivity index (χ0) is 59.3. The van der Waals surface area contributed by atoms with Crippen molar-refractivity contribution in [1.29, 1.82) is 0 Å². The van der Waals surface area contributed by atoms with Crippen LogP contribution < -0.4 is 36.9 Å². The van der Waals surface area contributed by atoms with Crippen molar-refractivity contribution in [2.75, 3.05) is 99.2 Å². The topological polar surface area (TPSA) is 229 Å². The molecule has 2 aromatic carbocycles. The van der Waals surface area contributed by atoms with Gasteiger partial charge < -0.3 is 54.0 Å². The molecule has 3 amide bonds. The normalized spacial score (nSPS) is 15.9. The maximum absolute atomic E-state index is 14.1. The van der Waals surface area contributed by atoms with E-state index in [-0.39, 0.29) is 42.1 Å². The van der Waals surface area contributed by atoms with Gasteiger partial charge in [0.05, 0.1) is 37.8 Å². The van der Waals surface area contributed by atoms with E-state index in [1.54, 1.807) is 21.6 Å². The molecule has 4 aromatic heterocycles. The second-order valence-electron chi connectivity index (χ2n) is 22.0. The Morgan fingerprint density at radius 3 is 1.46 bits per heavy atom. The predicted octanol–water partition coefficient (Wildman–Crippen LogP) is 7.31. The van der Waals surface area contributed by atoms with E-state index in [0.29, 0.717) is 153 Å². The Kier molecular flexibility index (Phi) is 19.1. The Hall–Kier alpha value is -7.11. The number of fused-ring (bicyclic) bond motifs is 2. The van der Waals surface area contributed by atoms with Crippen LogP contribution in [-0.2, 0) is 62.6 Å². The molecule has 0 unspecified atom stereocenters. The van der Waals surface area contributed by atoms with E-state index >= 15 is 0 Å². The highest BCUT2D eigenvalue weighted by atomic mass is 35.5. The Labute approximate surface area is 492 Å². The van der Waals surface area contributed by atoms with Crippen LogP contribution in [0.4, 0.5) is 27.5 Å². The highest BCUT2D eigenvalue weighted by molar-refractivity contribution is 6.32. The lowest BCUT2D eigenvalue weighted by atomic mass is 10.1. The van der Waals surface area contributed by atoms with Gasteiger partial charge in [-0.2, -0.15) is 19.0 Å². The number of hydrogen-bond acceptors (Lipinski definition) is 15. The molecule has 2 fully saturated rings. The zero-order valence-corrected chi connectivity index (χ0v) is 50.6. The van der Waals surface area contributed by atoms with Crippen LogP contribution in [0.5, 0.6) is 0 Å². The molecule has 0 spiro atoms. The minimum absolute atomic E-state index is 0.0150. The van der Waals surface area contributed by atoms with E-state index < -0.39 is 5.60 Å². The monoisotopic (exact) mass is 1180 g/mol. The highest BCUT2D eigenvalue weighted by Crippen LogP contribution is 2.30. The van der Waals surface area contributed by atoms with Crippen molar-refractivity contribution in [2.45, 2.75) is 120 Å². The molecule has 24 heteroatoms. The molecule has 0 bridgehead atoms. The standard InChI is InChI=1S/C32H42ClN7O5.C27H34ClN7O3/c1-7-21-17-20(3)24(18-23(21)33)34-26(41)19-39-25(8-2)27(37-11-13-38(14-12-37)31(43)45-32(4,5)6)29(42)40-30(39)35-28(36-40)22-9-15-44-16-10-22;1-4-18-14-17(3)21(15-20(18)28)30-23(36)16-34-22(5-2)24(33-10-8-29-9-11-33)26(37)35-27(34)31-25(32-35)19-6-12-38-13-7-19/h9,17-18H,7-8,10-16,19H2,1-6H3,(H,34,41);6,14-15,29H,4-5,7-13,16H2,1-3H3,(H,30,36). The molecule has 4 aliphatic rings. The third-order valence-electron chi connectivity index (χ3n) is 15.2. The quantitative estimate of drug-likeness (QED) is 0.0972. The maximum Gasteiger partial charge on any atom is 0.410 e. The van der Waals surface area contributed by atoms with Crippen LogP contribution >= 0.6 is 23.2 Å². The molecule has 83 heavy (non-hydrogen) atoms. The molecule has 8 heterocycles. The largest absolute Gasteiger partial charge is 0.444 e. The molecule has 3 N–H and O–H groups in total. The number of nitrogens with zero attached hydrogens (tertiary/aromatic N) is 11. The fourth-order valence-corrected chi connectivity index (χ4v) is 11.5. The van der Waals surface area contributed by atoms with Gasteiger partial charge in [-0.1, -0.05) is 75.2 Å². The van der Waals surface area contributed by atoms with Gasteiger partial charge in [-0.3, -0.25) is 19.2 Å². The molecule has 10 rings (SSSR count). The van der Waals surface area contributed by atoms with Gasteiger partial charge in [0.25, 0.3) is 11.1 Å². The number of anilines is 4. The molecule has 444 valence electrons. The van der Waals surface area contributed by atoms with Crippen molar-refractivity contribution in [3.63, 3.8) is 0 Å². The summed E-state index contributed by atoms with van der Waals surface area (Å²) in [6.45, 7) is 24.0. The van der Waals surface area contributed by atoms with Gasteiger partial charge in [0.2, 0.25) is 23.4 Å². The van der Waals surface area contributed by atoms with Gasteiger partial charge in [0.1, 0.15) is 30.1 Å². The van der Waals surface area contributed by atoms with E-state index in [1.165, 1.54) is 9.03 Å². The molecule has 0 aliphatic carbocycles. The smallest absolute Gasteiger partial charge is 0.410 e. The van der Waals surface area contributed by atoms with Gasteiger partial charge in [0.15, 0.2) is 11.6 Å². The summed E-state index contributed by atoms with van der Waals surface area (Å²) < 4.78 is 22.7. The Morgan fingerprint density at radius 1 is 0.639 bits per heavy atom. The van der Waals surface area contributed by atoms with E-state index in [9.17, 15) is 24.0 Å². The van der Waals surface area contributed by atoms with Crippen molar-refractivity contribution < 1.29 is 28.6 Å². The fraction of sp³-hybridized carbons (Fsp3) is 0.508. The summed E-state index contributed by atoms with van der Waals surface area (Å²) in [5.74, 6) is 1.08. The molecular weight excluding hydrogens is 1100 g/mol. The van der Waals surface area contributed by atoms with Crippen molar-refractivity contribution in [3.8, 4) is 0 Å². The zero-order valence-electron chi connectivity index (χ0n) is 49.0. The lowest BCUT2D eigenvalue weighted by molar-refractivity contribution is -0.117. The minimum Gasteiger partial charge on any atom is -0.444 e. The van der Waals surface area contributed by atoms with Crippen LogP contribution in [0.25, 0.3) is 22.7 Å². The number of amides is 3. The Bertz CT molecular complexity index is 3620. The first-order valence-electron chi connectivity index (χ1n) is 28.8. The van der Waals surface area contributed by atoms with E-state index in [1.807, 2.05) is 96.1 Å². The number of carbonyl (C=O) groups excluding carboxylic acids is 3. The van der Waals surface area contributed by atoms with Crippen LogP contribution in [0.2, 0.25) is 10.0 Å². The first kappa shape index (κ1) is 60.5. The van der Waals surface area contributed by atoms with E-state index in [4.69, 9.17) is 47.4 Å². The molecule has 0 radical (unpaired) electrons. The molecule has 4 aliphatic heterocycles. The lowest BCUT2D eigenvalue weighted by Crippen LogP contribution is -2.51. The molecule has 22 nitrogen and oxygen atoms in total. The number of aromatic nitrogens is 8. The minimum atomic E-state index is -0.602. The number of halogens is 2. The summed E-state index contributed by atoms with van der Waals surface area (Å²) in [7, 11) is 0. The third kappa shape index (κ3) is 13.5. The summed E-state index contributed by atoms with van der Waals surface area (Å²) in [6, 6.07) is 7.56. The van der Waals surface area contributed by atoms with Crippen LogP contribution in [-0.4, -0.2) is 146 Å². The highest BCUT2D eigenvalue weighted by Gasteiger charge is 2.32. The summed E-state index contributed by atoms with van der Waals surface area (Å²) in [4.78, 5) is 82.9. The SMILES string of the molecule is CCc1cc(C)c(NC(=O)Cn2c(CC)c(N3CCN(C(=O)OC(C)(C)C)CC3)c(=O)n3nc(C4=CCOCC4)nc23)cc1Cl.CCc1cc(C)c(NC(=O)Cn2c(CC)c(N3CCNCC3)c(=O)n3nc(C4=CCOCC4)nc23)cc1Cl. The number of hydrogen-bond donors (Lipinski definition) is 3. The number of nitrogens with one attached hydrogen (secondary N) is 3. The van der Waals surface area contributed by atoms with Gasteiger partial charge in [-0.15, -0.1) is 10.2 Å². The number of rotatable bonds is 14. The predicted molar refractivity (Wildman–Crippen MR) is 324 cm³/mol. The number of carbonyl (C=O) groups is 3. The first-order chi connectivity index (χ1) is 39.8. The number of benzene rings is 2. The second kappa shape index (κ2) is 26.2. The molecular formula is C59H76Cl2N14O8. The van der Waals surface area contributed by atoms with Gasteiger partial charge in [-0.25, -0.2) is 4.79 Å². The van der Waals surface area contributed by atoms with E-state index in [0.717, 1.165) is 65.0 Å². The number of ether oxygens (including phenoxy) is 3. The summed E-state index contributed by atoms with van der Waals surface area (Å²) in [5, 5.41) is 19.8. The van der Waals surface area contributed by atoms with Gasteiger partial charge >= 0.3 is 6.09 Å². The summed E-state index contributed by atoms with van der Waals surface area (Å²) >= 11 is 12.9. The van der Waals surface area contributed by atoms with Crippen LogP contribution in [0.3, 0.4) is 0 Å². The second-order valence-corrected chi connectivity index (χ2v) is 22.8. The van der Waals surface area contributed by atoms with Crippen LogP contribution in [0.15, 0.2) is 46.0 Å². The molecule has 0 atom stereocenters. The first-order valence-corrected chi connectivity index (χ1v) is 29.5. The van der Waals surface area contributed by atoms with Crippen LogP contribution in [0, 0.1) is 13.8 Å². The summed E-state index contributed by atoms with van der Waals surface area (Å²) in [6.07, 6.45) is 7.42. The van der Waals surface area contributed by atoms with E-state index in [2.05, 4.69) is 31.0 Å². The van der Waals surface area contributed by atoms with Crippen molar-refractivity contribution in [3.05, 3.63) is 112 Å². The lowest BCUT2D eigenvalue weighted by Gasteiger charge is -2.37. The maximum atomic E-state index is 14.1. The number of piperazine rings is 2. The Morgan fingerprint density at radius 2 is 1.07 bits per heavy atom. The fourth-order valence-electron chi connectivity index (χ4n) is 10.9. The average Bonchev–Trinajstić information content (AvgIpc) is 4.23. The third-order valence-corrected chi connectivity index (χ3v) is 15.9. The molecule has 2 saturated heterocycles. The average molecular weight is 1180 g/mol.